The lowest BCUT2D eigenvalue weighted by molar-refractivity contribution is 0.293. The highest BCUT2D eigenvalue weighted by atomic mass is 15.0. The zero-order valence-corrected chi connectivity index (χ0v) is 10.5. The second-order valence-corrected chi connectivity index (χ2v) is 5.45. The van der Waals surface area contributed by atoms with Crippen LogP contribution in [0.15, 0.2) is 0 Å². The molecule has 0 saturated heterocycles. The summed E-state index contributed by atoms with van der Waals surface area (Å²) in [6.07, 6.45) is 4.05. The van der Waals surface area contributed by atoms with Crippen LogP contribution in [-0.4, -0.2) is 12.1 Å². The third kappa shape index (κ3) is 2.73. The average Bonchev–Trinajstić information content (AvgIpc) is 2.44. The molecule has 0 amide bonds. The van der Waals surface area contributed by atoms with Crippen molar-refractivity contribution in [3.05, 3.63) is 0 Å². The summed E-state index contributed by atoms with van der Waals surface area (Å²) in [5.74, 6) is 2.54. The van der Waals surface area contributed by atoms with Crippen molar-refractivity contribution in [3.63, 3.8) is 0 Å². The van der Waals surface area contributed by atoms with E-state index in [0.29, 0.717) is 6.04 Å². The number of nitrogens with one attached hydrogen (secondary N) is 1. The predicted octanol–water partition coefficient (Wildman–Crippen LogP) is 3.45. The summed E-state index contributed by atoms with van der Waals surface area (Å²) in [5, 5.41) is 3.85. The van der Waals surface area contributed by atoms with E-state index in [1.165, 1.54) is 19.3 Å². The van der Waals surface area contributed by atoms with Crippen molar-refractivity contribution in [2.24, 2.45) is 17.8 Å². The Morgan fingerprint density at radius 3 is 2.21 bits per heavy atom. The van der Waals surface area contributed by atoms with Crippen molar-refractivity contribution in [1.82, 2.24) is 5.32 Å². The van der Waals surface area contributed by atoms with E-state index in [1.54, 1.807) is 0 Å². The zero-order valence-electron chi connectivity index (χ0n) is 10.5. The quantitative estimate of drug-likeness (QED) is 0.728. The molecule has 0 aliphatic heterocycles. The maximum atomic E-state index is 3.85. The first-order chi connectivity index (χ1) is 6.56. The highest BCUT2D eigenvalue weighted by Crippen LogP contribution is 2.31. The van der Waals surface area contributed by atoms with E-state index in [9.17, 15) is 0 Å². The maximum absolute atomic E-state index is 3.85. The molecule has 1 aliphatic carbocycles. The van der Waals surface area contributed by atoms with Crippen LogP contribution in [0.1, 0.15) is 53.9 Å². The first-order valence-corrected chi connectivity index (χ1v) is 6.32. The Kier molecular flexibility index (Phi) is 4.43. The number of hydrogen-bond acceptors (Lipinski definition) is 1. The SMILES string of the molecule is CCC(NC1CCC(C)C1C)C(C)C. The van der Waals surface area contributed by atoms with Crippen LogP contribution in [-0.2, 0) is 0 Å². The van der Waals surface area contributed by atoms with Gasteiger partial charge in [0.15, 0.2) is 0 Å². The largest absolute Gasteiger partial charge is 0.311 e. The topological polar surface area (TPSA) is 12.0 Å². The van der Waals surface area contributed by atoms with Gasteiger partial charge in [0.25, 0.3) is 0 Å². The maximum Gasteiger partial charge on any atom is 0.00980 e. The first-order valence-electron chi connectivity index (χ1n) is 6.32. The Hall–Kier alpha value is -0.0400. The van der Waals surface area contributed by atoms with Crippen molar-refractivity contribution >= 4 is 0 Å². The van der Waals surface area contributed by atoms with Crippen LogP contribution < -0.4 is 5.32 Å². The fourth-order valence-electron chi connectivity index (χ4n) is 2.66. The zero-order chi connectivity index (χ0) is 10.7. The first kappa shape index (κ1) is 12.0. The summed E-state index contributed by atoms with van der Waals surface area (Å²) in [7, 11) is 0. The van der Waals surface area contributed by atoms with E-state index < -0.39 is 0 Å². The van der Waals surface area contributed by atoms with Crippen LogP contribution in [0.25, 0.3) is 0 Å². The van der Waals surface area contributed by atoms with Gasteiger partial charge in [-0.15, -0.1) is 0 Å². The molecule has 0 bridgehead atoms. The van der Waals surface area contributed by atoms with Crippen molar-refractivity contribution in [3.8, 4) is 0 Å². The van der Waals surface area contributed by atoms with Crippen LogP contribution in [0, 0.1) is 17.8 Å². The third-order valence-corrected chi connectivity index (χ3v) is 4.14. The highest BCUT2D eigenvalue weighted by Gasteiger charge is 2.31. The number of hydrogen-bond donors (Lipinski definition) is 1. The molecule has 0 heterocycles. The normalized spacial score (nSPS) is 35.1. The van der Waals surface area contributed by atoms with Gasteiger partial charge in [0.2, 0.25) is 0 Å². The third-order valence-electron chi connectivity index (χ3n) is 4.14. The van der Waals surface area contributed by atoms with E-state index >= 15 is 0 Å². The Morgan fingerprint density at radius 2 is 1.86 bits per heavy atom. The van der Waals surface area contributed by atoms with Crippen molar-refractivity contribution in [2.45, 2.75) is 66.0 Å². The molecule has 1 rings (SSSR count). The van der Waals surface area contributed by atoms with E-state index in [-0.39, 0.29) is 0 Å². The summed E-state index contributed by atoms with van der Waals surface area (Å²) < 4.78 is 0. The van der Waals surface area contributed by atoms with Crippen molar-refractivity contribution in [1.29, 1.82) is 0 Å². The van der Waals surface area contributed by atoms with Gasteiger partial charge in [0.1, 0.15) is 0 Å². The van der Waals surface area contributed by atoms with Gasteiger partial charge in [-0.3, -0.25) is 0 Å². The van der Waals surface area contributed by atoms with Crippen LogP contribution in [0.3, 0.4) is 0 Å². The molecular weight excluding hydrogens is 170 g/mol. The summed E-state index contributed by atoms with van der Waals surface area (Å²) in [4.78, 5) is 0. The molecule has 14 heavy (non-hydrogen) atoms. The van der Waals surface area contributed by atoms with Gasteiger partial charge >= 0.3 is 0 Å². The molecule has 1 nitrogen and oxygen atoms in total. The Balaban J connectivity index is 2.43. The van der Waals surface area contributed by atoms with Gasteiger partial charge in [0.05, 0.1) is 0 Å². The average molecular weight is 197 g/mol. The van der Waals surface area contributed by atoms with Gasteiger partial charge in [-0.1, -0.05) is 34.6 Å². The second kappa shape index (κ2) is 5.16. The fraction of sp³-hybridized carbons (Fsp3) is 1.00. The fourth-order valence-corrected chi connectivity index (χ4v) is 2.66. The molecule has 1 heteroatoms. The highest BCUT2D eigenvalue weighted by molar-refractivity contribution is 4.87. The Labute approximate surface area is 89.7 Å². The summed E-state index contributed by atoms with van der Waals surface area (Å²) >= 11 is 0. The standard InChI is InChI=1S/C13H27N/c1-6-12(9(2)3)14-13-8-7-10(4)11(13)5/h9-14H,6-8H2,1-5H3. The molecule has 0 aromatic carbocycles. The van der Waals surface area contributed by atoms with E-state index in [2.05, 4.69) is 39.9 Å². The lowest BCUT2D eigenvalue weighted by Crippen LogP contribution is -2.42. The Morgan fingerprint density at radius 1 is 1.21 bits per heavy atom. The molecule has 84 valence electrons. The molecule has 1 N–H and O–H groups in total. The molecule has 0 aromatic heterocycles. The summed E-state index contributed by atoms with van der Waals surface area (Å²) in [6.45, 7) is 11.7. The predicted molar refractivity (Wildman–Crippen MR) is 63.4 cm³/mol. The molecule has 0 aromatic rings. The minimum atomic E-state index is 0.716. The molecular formula is C13H27N. The lowest BCUT2D eigenvalue weighted by atomic mass is 9.95. The Bertz CT molecular complexity index is 165. The lowest BCUT2D eigenvalue weighted by Gasteiger charge is -2.28. The minimum Gasteiger partial charge on any atom is -0.311 e. The second-order valence-electron chi connectivity index (χ2n) is 5.45. The molecule has 0 spiro atoms. The van der Waals surface area contributed by atoms with E-state index in [1.807, 2.05) is 0 Å². The molecule has 1 fully saturated rings. The van der Waals surface area contributed by atoms with E-state index in [0.717, 1.165) is 23.8 Å². The molecule has 0 radical (unpaired) electrons. The molecule has 1 aliphatic rings. The van der Waals surface area contributed by atoms with E-state index in [4.69, 9.17) is 0 Å². The van der Waals surface area contributed by atoms with Crippen molar-refractivity contribution < 1.29 is 0 Å². The van der Waals surface area contributed by atoms with Gasteiger partial charge < -0.3 is 5.32 Å². The summed E-state index contributed by atoms with van der Waals surface area (Å²) in [6, 6.07) is 1.49. The summed E-state index contributed by atoms with van der Waals surface area (Å²) in [5.41, 5.74) is 0. The monoisotopic (exact) mass is 197 g/mol. The van der Waals surface area contributed by atoms with Crippen molar-refractivity contribution in [2.75, 3.05) is 0 Å². The molecule has 4 atom stereocenters. The van der Waals surface area contributed by atoms with Crippen LogP contribution >= 0.6 is 0 Å². The smallest absolute Gasteiger partial charge is 0.00980 e. The van der Waals surface area contributed by atoms with Gasteiger partial charge in [0, 0.05) is 12.1 Å². The van der Waals surface area contributed by atoms with Gasteiger partial charge in [-0.2, -0.15) is 0 Å². The minimum absolute atomic E-state index is 0.716. The van der Waals surface area contributed by atoms with Crippen LogP contribution in [0.5, 0.6) is 0 Å². The van der Waals surface area contributed by atoms with Gasteiger partial charge in [-0.05, 0) is 37.0 Å². The molecule has 4 unspecified atom stereocenters. The van der Waals surface area contributed by atoms with Gasteiger partial charge in [-0.25, -0.2) is 0 Å². The van der Waals surface area contributed by atoms with Crippen LogP contribution in [0.4, 0.5) is 0 Å². The molecule has 1 saturated carbocycles. The van der Waals surface area contributed by atoms with Crippen LogP contribution in [0.2, 0.25) is 0 Å². The number of rotatable bonds is 4.